The predicted octanol–water partition coefficient (Wildman–Crippen LogP) is 2.50. The highest BCUT2D eigenvalue weighted by atomic mass is 32.1. The van der Waals surface area contributed by atoms with Crippen LogP contribution in [0, 0.1) is 6.92 Å². The van der Waals surface area contributed by atoms with Crippen molar-refractivity contribution >= 4 is 39.1 Å². The van der Waals surface area contributed by atoms with Crippen LogP contribution in [0.5, 0.6) is 5.75 Å². The van der Waals surface area contributed by atoms with Crippen molar-refractivity contribution in [3.63, 3.8) is 0 Å². The molecule has 1 amide bonds. The summed E-state index contributed by atoms with van der Waals surface area (Å²) in [5.74, 6) is 0.129. The second-order valence-electron chi connectivity index (χ2n) is 7.17. The van der Waals surface area contributed by atoms with Crippen LogP contribution in [0.1, 0.15) is 29.1 Å². The Kier molecular flexibility index (Phi) is 5.14. The Morgan fingerprint density at radius 3 is 2.64 bits per heavy atom. The molecule has 0 bridgehead atoms. The number of hydrogen-bond donors (Lipinski definition) is 5. The Bertz CT molecular complexity index is 1060. The standard InChI is InChI=1S/C19H23N5O3S/c1-9-5-6-10(7-11(9)26)14-12-13(20)15(16(27)21-4)28-17(12)23-18(22-14)24-19(2,3)8-25/h5-7,25-26H,8,20H2,1-4H3,(H,21,27)(H,22,23,24). The third-order valence-corrected chi connectivity index (χ3v) is 5.45. The molecule has 6 N–H and O–H groups in total. The number of fused-ring (bicyclic) bond motifs is 1. The Hall–Kier alpha value is -2.91. The molecule has 3 aromatic rings. The van der Waals surface area contributed by atoms with Crippen LogP contribution in [0.15, 0.2) is 18.2 Å². The van der Waals surface area contributed by atoms with Crippen LogP contribution in [0.2, 0.25) is 0 Å². The van der Waals surface area contributed by atoms with Gasteiger partial charge in [0.2, 0.25) is 5.95 Å². The van der Waals surface area contributed by atoms with Gasteiger partial charge in [0.15, 0.2) is 0 Å². The lowest BCUT2D eigenvalue weighted by atomic mass is 10.0. The van der Waals surface area contributed by atoms with Crippen LogP contribution in [-0.2, 0) is 0 Å². The van der Waals surface area contributed by atoms with Crippen LogP contribution >= 0.6 is 11.3 Å². The van der Waals surface area contributed by atoms with E-state index in [1.54, 1.807) is 19.1 Å². The number of aromatic nitrogens is 2. The first kappa shape index (κ1) is 19.8. The van der Waals surface area contributed by atoms with Gasteiger partial charge < -0.3 is 26.6 Å². The number of nitrogens with one attached hydrogen (secondary N) is 2. The SMILES string of the molecule is CNC(=O)c1sc2nc(NC(C)(C)CO)nc(-c3ccc(C)c(O)c3)c2c1N. The van der Waals surface area contributed by atoms with Crippen molar-refractivity contribution in [2.75, 3.05) is 24.7 Å². The maximum atomic E-state index is 12.2. The first-order valence-electron chi connectivity index (χ1n) is 8.68. The van der Waals surface area contributed by atoms with E-state index in [2.05, 4.69) is 20.6 Å². The summed E-state index contributed by atoms with van der Waals surface area (Å²) in [4.78, 5) is 22.2. The van der Waals surface area contributed by atoms with E-state index in [1.807, 2.05) is 19.9 Å². The number of hydrogen-bond acceptors (Lipinski definition) is 8. The van der Waals surface area contributed by atoms with Crippen molar-refractivity contribution < 1.29 is 15.0 Å². The minimum absolute atomic E-state index is 0.120. The number of rotatable bonds is 5. The van der Waals surface area contributed by atoms with Gasteiger partial charge in [0, 0.05) is 12.6 Å². The van der Waals surface area contributed by atoms with Gasteiger partial charge in [-0.05, 0) is 32.4 Å². The fraction of sp³-hybridized carbons (Fsp3) is 0.316. The predicted molar refractivity (Wildman–Crippen MR) is 112 cm³/mol. The van der Waals surface area contributed by atoms with Gasteiger partial charge >= 0.3 is 0 Å². The molecule has 0 saturated heterocycles. The van der Waals surface area contributed by atoms with Crippen LogP contribution in [0.3, 0.4) is 0 Å². The number of aliphatic hydroxyl groups is 1. The van der Waals surface area contributed by atoms with Crippen LogP contribution in [0.4, 0.5) is 11.6 Å². The number of nitrogen functional groups attached to an aromatic ring is 1. The average Bonchev–Trinajstić information content (AvgIpc) is 2.99. The molecule has 2 heterocycles. The molecule has 1 aromatic carbocycles. The van der Waals surface area contributed by atoms with Crippen molar-refractivity contribution in [2.45, 2.75) is 26.3 Å². The minimum Gasteiger partial charge on any atom is -0.508 e. The molecule has 148 valence electrons. The number of aromatic hydroxyl groups is 1. The van der Waals surface area contributed by atoms with Crippen molar-refractivity contribution in [3.8, 4) is 17.0 Å². The quantitative estimate of drug-likeness (QED) is 0.443. The van der Waals surface area contributed by atoms with Crippen molar-refractivity contribution in [1.29, 1.82) is 0 Å². The van der Waals surface area contributed by atoms with E-state index in [-0.39, 0.29) is 18.3 Å². The van der Waals surface area contributed by atoms with Gasteiger partial charge in [0.05, 0.1) is 28.9 Å². The van der Waals surface area contributed by atoms with Gasteiger partial charge in [-0.3, -0.25) is 4.79 Å². The zero-order valence-electron chi connectivity index (χ0n) is 16.1. The molecule has 0 saturated carbocycles. The number of amides is 1. The molecule has 2 aromatic heterocycles. The molecular weight excluding hydrogens is 378 g/mol. The van der Waals surface area contributed by atoms with Gasteiger partial charge in [-0.15, -0.1) is 11.3 Å². The molecule has 0 aliphatic rings. The van der Waals surface area contributed by atoms with Gasteiger partial charge in [0.25, 0.3) is 5.91 Å². The number of carbonyl (C=O) groups is 1. The number of nitrogens with zero attached hydrogens (tertiary/aromatic N) is 2. The highest BCUT2D eigenvalue weighted by Crippen LogP contribution is 2.40. The summed E-state index contributed by atoms with van der Waals surface area (Å²) >= 11 is 1.17. The Labute approximate surface area is 166 Å². The topological polar surface area (TPSA) is 133 Å². The molecule has 0 aliphatic carbocycles. The van der Waals surface area contributed by atoms with Crippen molar-refractivity contribution in [2.24, 2.45) is 0 Å². The summed E-state index contributed by atoms with van der Waals surface area (Å²) < 4.78 is 0. The van der Waals surface area contributed by atoms with E-state index in [0.29, 0.717) is 38.0 Å². The molecule has 0 fully saturated rings. The number of anilines is 2. The number of aliphatic hydroxyl groups excluding tert-OH is 1. The normalized spacial score (nSPS) is 11.6. The number of thiophene rings is 1. The van der Waals surface area contributed by atoms with Crippen LogP contribution in [-0.4, -0.2) is 45.3 Å². The number of phenolic OH excluding ortho intramolecular Hbond substituents is 1. The molecule has 9 heteroatoms. The lowest BCUT2D eigenvalue weighted by molar-refractivity contribution is 0.0968. The lowest BCUT2D eigenvalue weighted by Gasteiger charge is -2.23. The molecule has 8 nitrogen and oxygen atoms in total. The molecular formula is C19H23N5O3S. The minimum atomic E-state index is -0.646. The fourth-order valence-electron chi connectivity index (χ4n) is 2.67. The van der Waals surface area contributed by atoms with Gasteiger partial charge in [0.1, 0.15) is 15.5 Å². The number of carbonyl (C=O) groups excluding carboxylic acids is 1. The van der Waals surface area contributed by atoms with E-state index >= 15 is 0 Å². The number of nitrogens with two attached hydrogens (primary N) is 1. The van der Waals surface area contributed by atoms with Crippen molar-refractivity contribution in [3.05, 3.63) is 28.6 Å². The molecule has 0 radical (unpaired) electrons. The summed E-state index contributed by atoms with van der Waals surface area (Å²) in [5, 5.41) is 25.9. The molecule has 0 atom stereocenters. The zero-order chi connectivity index (χ0) is 20.6. The Balaban J connectivity index is 2.29. The van der Waals surface area contributed by atoms with E-state index in [1.165, 1.54) is 18.4 Å². The third kappa shape index (κ3) is 3.58. The maximum absolute atomic E-state index is 12.2. The van der Waals surface area contributed by atoms with Gasteiger partial charge in [-0.2, -0.15) is 0 Å². The van der Waals surface area contributed by atoms with Crippen LogP contribution in [0.25, 0.3) is 21.5 Å². The molecule has 0 aliphatic heterocycles. The smallest absolute Gasteiger partial charge is 0.263 e. The van der Waals surface area contributed by atoms with Gasteiger partial charge in [-0.1, -0.05) is 12.1 Å². The summed E-state index contributed by atoms with van der Waals surface area (Å²) in [5.41, 5.74) is 7.80. The number of benzene rings is 1. The average molecular weight is 401 g/mol. The second-order valence-corrected chi connectivity index (χ2v) is 8.17. The number of phenols is 1. The van der Waals surface area contributed by atoms with E-state index in [0.717, 1.165) is 5.56 Å². The Morgan fingerprint density at radius 1 is 1.32 bits per heavy atom. The highest BCUT2D eigenvalue weighted by Gasteiger charge is 2.24. The second kappa shape index (κ2) is 7.25. The van der Waals surface area contributed by atoms with E-state index in [4.69, 9.17) is 5.73 Å². The first-order valence-corrected chi connectivity index (χ1v) is 9.49. The molecule has 0 spiro atoms. The Morgan fingerprint density at radius 2 is 2.04 bits per heavy atom. The molecule has 28 heavy (non-hydrogen) atoms. The molecule has 0 unspecified atom stereocenters. The zero-order valence-corrected chi connectivity index (χ0v) is 16.9. The third-order valence-electron chi connectivity index (χ3n) is 4.35. The summed E-state index contributed by atoms with van der Waals surface area (Å²) in [6.45, 7) is 5.31. The summed E-state index contributed by atoms with van der Waals surface area (Å²) in [6.07, 6.45) is 0. The largest absolute Gasteiger partial charge is 0.508 e. The maximum Gasteiger partial charge on any atom is 0.263 e. The van der Waals surface area contributed by atoms with Crippen molar-refractivity contribution in [1.82, 2.24) is 15.3 Å². The number of aryl methyl sites for hydroxylation is 1. The lowest BCUT2D eigenvalue weighted by Crippen LogP contribution is -2.35. The first-order chi connectivity index (χ1) is 13.2. The summed E-state index contributed by atoms with van der Waals surface area (Å²) in [6, 6.07) is 5.22. The summed E-state index contributed by atoms with van der Waals surface area (Å²) in [7, 11) is 1.54. The van der Waals surface area contributed by atoms with Gasteiger partial charge in [-0.25, -0.2) is 9.97 Å². The fourth-order valence-corrected chi connectivity index (χ4v) is 3.71. The van der Waals surface area contributed by atoms with Crippen LogP contribution < -0.4 is 16.4 Å². The van der Waals surface area contributed by atoms with E-state index < -0.39 is 5.54 Å². The molecule has 3 rings (SSSR count). The van der Waals surface area contributed by atoms with E-state index in [9.17, 15) is 15.0 Å². The highest BCUT2D eigenvalue weighted by molar-refractivity contribution is 7.21. The monoisotopic (exact) mass is 401 g/mol.